The maximum Gasteiger partial charge on any atom is 0.267 e. The highest BCUT2D eigenvalue weighted by Gasteiger charge is 2.32. The van der Waals surface area contributed by atoms with Crippen molar-refractivity contribution in [2.75, 3.05) is 25.1 Å². The van der Waals surface area contributed by atoms with Gasteiger partial charge in [0.15, 0.2) is 5.13 Å². The molecule has 144 valence electrons. The quantitative estimate of drug-likeness (QED) is 0.719. The number of pyridine rings is 1. The summed E-state index contributed by atoms with van der Waals surface area (Å²) < 4.78 is 12.7. The van der Waals surface area contributed by atoms with E-state index in [-0.39, 0.29) is 17.6 Å². The standard InChI is InChI=1S/C19H19N5O3S/c25-18-2-1-13(12-3-6-20-7-4-12)23-24(18)16-10-27-9-15(16)22-19-21-14-5-8-26-11-17(14)28-19/h1-4,6-7,15-16H,5,8-11H2,(H,21,22). The second-order valence-electron chi connectivity index (χ2n) is 6.78. The van der Waals surface area contributed by atoms with Crippen molar-refractivity contribution in [3.8, 4) is 11.3 Å². The molecule has 5 rings (SSSR count). The van der Waals surface area contributed by atoms with Gasteiger partial charge in [0.25, 0.3) is 5.56 Å². The minimum atomic E-state index is -0.202. The highest BCUT2D eigenvalue weighted by atomic mass is 32.1. The Kier molecular flexibility index (Phi) is 4.63. The monoisotopic (exact) mass is 397 g/mol. The van der Waals surface area contributed by atoms with Crippen molar-refractivity contribution in [1.82, 2.24) is 19.7 Å². The molecule has 2 atom stereocenters. The largest absolute Gasteiger partial charge is 0.377 e. The Hall–Kier alpha value is -2.62. The third kappa shape index (κ3) is 3.32. The van der Waals surface area contributed by atoms with E-state index in [1.807, 2.05) is 12.1 Å². The summed E-state index contributed by atoms with van der Waals surface area (Å²) >= 11 is 1.61. The Labute approximate surface area is 165 Å². The van der Waals surface area contributed by atoms with Crippen LogP contribution in [-0.4, -0.2) is 45.6 Å². The summed E-state index contributed by atoms with van der Waals surface area (Å²) in [6.45, 7) is 2.26. The Morgan fingerprint density at radius 1 is 1.14 bits per heavy atom. The van der Waals surface area contributed by atoms with Crippen molar-refractivity contribution < 1.29 is 9.47 Å². The summed E-state index contributed by atoms with van der Waals surface area (Å²) in [4.78, 5) is 22.4. The van der Waals surface area contributed by atoms with Crippen LogP contribution in [0.15, 0.2) is 41.5 Å². The van der Waals surface area contributed by atoms with E-state index >= 15 is 0 Å². The number of fused-ring (bicyclic) bond motifs is 1. The highest BCUT2D eigenvalue weighted by Crippen LogP contribution is 2.30. The summed E-state index contributed by atoms with van der Waals surface area (Å²) in [7, 11) is 0. The van der Waals surface area contributed by atoms with E-state index in [0.29, 0.717) is 26.4 Å². The van der Waals surface area contributed by atoms with E-state index in [1.54, 1.807) is 35.9 Å². The summed E-state index contributed by atoms with van der Waals surface area (Å²) in [6, 6.07) is 6.76. The lowest BCUT2D eigenvalue weighted by Crippen LogP contribution is -2.37. The van der Waals surface area contributed by atoms with Crippen LogP contribution >= 0.6 is 11.3 Å². The SMILES string of the molecule is O=c1ccc(-c2ccncc2)nn1C1COCC1Nc1nc2c(s1)COCC2. The fraction of sp³-hybridized carbons (Fsp3) is 0.368. The van der Waals surface area contributed by atoms with Crippen LogP contribution in [0.4, 0.5) is 5.13 Å². The minimum Gasteiger partial charge on any atom is -0.377 e. The Morgan fingerprint density at radius 2 is 2.04 bits per heavy atom. The van der Waals surface area contributed by atoms with Gasteiger partial charge in [-0.05, 0) is 18.2 Å². The maximum atomic E-state index is 12.5. The van der Waals surface area contributed by atoms with Crippen LogP contribution in [-0.2, 0) is 22.5 Å². The number of hydrogen-bond acceptors (Lipinski definition) is 8. The molecule has 5 heterocycles. The molecule has 2 unspecified atom stereocenters. The van der Waals surface area contributed by atoms with E-state index in [2.05, 4.69) is 20.4 Å². The van der Waals surface area contributed by atoms with Gasteiger partial charge < -0.3 is 14.8 Å². The van der Waals surface area contributed by atoms with Crippen LogP contribution < -0.4 is 10.9 Å². The van der Waals surface area contributed by atoms with E-state index < -0.39 is 0 Å². The molecule has 28 heavy (non-hydrogen) atoms. The summed E-state index contributed by atoms with van der Waals surface area (Å²) in [6.07, 6.45) is 4.26. The third-order valence-electron chi connectivity index (χ3n) is 4.97. The van der Waals surface area contributed by atoms with Gasteiger partial charge in [-0.3, -0.25) is 9.78 Å². The van der Waals surface area contributed by atoms with Crippen LogP contribution in [0.2, 0.25) is 0 Å². The van der Waals surface area contributed by atoms with Crippen molar-refractivity contribution >= 4 is 16.5 Å². The van der Waals surface area contributed by atoms with Crippen molar-refractivity contribution in [2.45, 2.75) is 25.1 Å². The number of nitrogens with zero attached hydrogens (tertiary/aromatic N) is 4. The van der Waals surface area contributed by atoms with Crippen molar-refractivity contribution in [3.05, 3.63) is 57.6 Å². The molecule has 0 amide bonds. The number of anilines is 1. The molecule has 0 spiro atoms. The fourth-order valence-electron chi connectivity index (χ4n) is 3.51. The molecule has 1 N–H and O–H groups in total. The van der Waals surface area contributed by atoms with E-state index in [1.165, 1.54) is 9.56 Å². The summed E-state index contributed by atoms with van der Waals surface area (Å²) in [5.74, 6) is 0. The molecule has 9 heteroatoms. The van der Waals surface area contributed by atoms with Crippen molar-refractivity contribution in [3.63, 3.8) is 0 Å². The first kappa shape index (κ1) is 17.5. The third-order valence-corrected chi connectivity index (χ3v) is 5.97. The first-order valence-corrected chi connectivity index (χ1v) is 10.0. The predicted octanol–water partition coefficient (Wildman–Crippen LogP) is 1.89. The number of ether oxygens (including phenoxy) is 2. The topological polar surface area (TPSA) is 91.2 Å². The second kappa shape index (κ2) is 7.42. The van der Waals surface area contributed by atoms with Crippen molar-refractivity contribution in [2.24, 2.45) is 0 Å². The summed E-state index contributed by atoms with van der Waals surface area (Å²) in [5, 5.41) is 8.89. The molecule has 0 bridgehead atoms. The molecule has 8 nitrogen and oxygen atoms in total. The van der Waals surface area contributed by atoms with Gasteiger partial charge in [-0.2, -0.15) is 5.10 Å². The lowest BCUT2D eigenvalue weighted by molar-refractivity contribution is 0.112. The van der Waals surface area contributed by atoms with Gasteiger partial charge in [-0.15, -0.1) is 0 Å². The Balaban J connectivity index is 1.42. The first-order chi connectivity index (χ1) is 13.8. The van der Waals surface area contributed by atoms with Crippen LogP contribution in [0, 0.1) is 0 Å². The Bertz CT molecular complexity index is 1010. The van der Waals surface area contributed by atoms with Crippen LogP contribution in [0.3, 0.4) is 0 Å². The zero-order valence-corrected chi connectivity index (χ0v) is 15.9. The molecular formula is C19H19N5O3S. The number of nitrogens with one attached hydrogen (secondary N) is 1. The van der Waals surface area contributed by atoms with Gasteiger partial charge in [0.2, 0.25) is 0 Å². The number of thiazole rings is 1. The van der Waals surface area contributed by atoms with Gasteiger partial charge in [0.1, 0.15) is 6.04 Å². The van der Waals surface area contributed by atoms with E-state index in [0.717, 1.165) is 28.5 Å². The summed E-state index contributed by atoms with van der Waals surface area (Å²) in [5.41, 5.74) is 2.60. The molecule has 3 aromatic rings. The molecular weight excluding hydrogens is 378 g/mol. The fourth-order valence-corrected chi connectivity index (χ4v) is 4.51. The molecule has 0 radical (unpaired) electrons. The van der Waals surface area contributed by atoms with Gasteiger partial charge in [0, 0.05) is 30.4 Å². The van der Waals surface area contributed by atoms with Gasteiger partial charge in [-0.25, -0.2) is 9.67 Å². The average Bonchev–Trinajstić information content (AvgIpc) is 3.35. The number of rotatable bonds is 4. The van der Waals surface area contributed by atoms with Crippen LogP contribution in [0.1, 0.15) is 16.6 Å². The molecule has 1 saturated heterocycles. The molecule has 0 saturated carbocycles. The molecule has 2 aliphatic rings. The van der Waals surface area contributed by atoms with E-state index in [9.17, 15) is 4.79 Å². The van der Waals surface area contributed by atoms with Gasteiger partial charge in [-0.1, -0.05) is 11.3 Å². The molecule has 0 aliphatic carbocycles. The number of aromatic nitrogens is 4. The maximum absolute atomic E-state index is 12.5. The zero-order valence-electron chi connectivity index (χ0n) is 15.1. The molecule has 3 aromatic heterocycles. The second-order valence-corrected chi connectivity index (χ2v) is 7.87. The highest BCUT2D eigenvalue weighted by molar-refractivity contribution is 7.15. The smallest absolute Gasteiger partial charge is 0.267 e. The molecule has 0 aromatic carbocycles. The van der Waals surface area contributed by atoms with Crippen LogP contribution in [0.5, 0.6) is 0 Å². The first-order valence-electron chi connectivity index (χ1n) is 9.19. The van der Waals surface area contributed by atoms with Crippen molar-refractivity contribution in [1.29, 1.82) is 0 Å². The minimum absolute atomic E-state index is 0.0774. The average molecular weight is 397 g/mol. The lowest BCUT2D eigenvalue weighted by atomic mass is 10.1. The molecule has 2 aliphatic heterocycles. The lowest BCUT2D eigenvalue weighted by Gasteiger charge is -2.20. The Morgan fingerprint density at radius 3 is 2.89 bits per heavy atom. The van der Waals surface area contributed by atoms with Gasteiger partial charge in [0.05, 0.1) is 48.7 Å². The van der Waals surface area contributed by atoms with Crippen LogP contribution in [0.25, 0.3) is 11.3 Å². The zero-order chi connectivity index (χ0) is 18.9. The number of hydrogen-bond donors (Lipinski definition) is 1. The van der Waals surface area contributed by atoms with E-state index in [4.69, 9.17) is 9.47 Å². The normalized spacial score (nSPS) is 21.4. The van der Waals surface area contributed by atoms with Gasteiger partial charge >= 0.3 is 0 Å². The molecule has 1 fully saturated rings. The predicted molar refractivity (Wildman–Crippen MR) is 104 cm³/mol.